The van der Waals surface area contributed by atoms with Crippen LogP contribution in [-0.2, 0) is 19.5 Å². The van der Waals surface area contributed by atoms with Crippen LogP contribution in [0.3, 0.4) is 0 Å². The van der Waals surface area contributed by atoms with Crippen LogP contribution in [0.1, 0.15) is 52.4 Å². The molecule has 3 heterocycles. The molecule has 0 unspecified atom stereocenters. The molecule has 0 atom stereocenters. The van der Waals surface area contributed by atoms with Gasteiger partial charge in [0, 0.05) is 36.9 Å². The fraction of sp³-hybridized carbons (Fsp3) is 0.562. The largest absolute Gasteiger partial charge is 0.310 e. The maximum absolute atomic E-state index is 12.3. The summed E-state index contributed by atoms with van der Waals surface area (Å²) in [4.78, 5) is 28.0. The van der Waals surface area contributed by atoms with Crippen LogP contribution in [0.4, 0.5) is 0 Å². The molecule has 0 saturated carbocycles. The molecule has 0 aromatic carbocycles. The average Bonchev–Trinajstić information content (AvgIpc) is 2.77. The number of fused-ring (bicyclic) bond motifs is 1. The number of aromatic nitrogens is 3. The topological polar surface area (TPSA) is 61.9 Å². The molecule has 6 heteroatoms. The van der Waals surface area contributed by atoms with Gasteiger partial charge in [-0.2, -0.15) is 0 Å². The number of nitrogens with zero attached hydrogens (tertiary/aromatic N) is 3. The number of aryl methyl sites for hydroxylation is 2. The zero-order valence-electron chi connectivity index (χ0n) is 13.6. The number of H-pyrrole nitrogens is 1. The first-order chi connectivity index (χ1) is 10.4. The lowest BCUT2D eigenvalue weighted by molar-refractivity contribution is 0.243. The van der Waals surface area contributed by atoms with Crippen LogP contribution in [0, 0.1) is 13.8 Å². The van der Waals surface area contributed by atoms with Crippen LogP contribution in [0.5, 0.6) is 0 Å². The van der Waals surface area contributed by atoms with Gasteiger partial charge in [-0.3, -0.25) is 9.69 Å². The van der Waals surface area contributed by atoms with Crippen molar-refractivity contribution in [2.24, 2.45) is 0 Å². The Morgan fingerprint density at radius 2 is 2.09 bits per heavy atom. The second kappa shape index (κ2) is 5.93. The maximum Gasteiger partial charge on any atom is 0.255 e. The minimum absolute atomic E-state index is 0.0237. The van der Waals surface area contributed by atoms with E-state index in [9.17, 15) is 4.79 Å². The van der Waals surface area contributed by atoms with E-state index in [1.165, 1.54) is 4.88 Å². The molecular formula is C16H22N4OS. The van der Waals surface area contributed by atoms with E-state index in [1.807, 2.05) is 6.92 Å². The lowest BCUT2D eigenvalue weighted by Gasteiger charge is -2.27. The minimum Gasteiger partial charge on any atom is -0.310 e. The Morgan fingerprint density at radius 3 is 2.73 bits per heavy atom. The van der Waals surface area contributed by atoms with Crippen molar-refractivity contribution < 1.29 is 0 Å². The second-order valence-corrected chi connectivity index (χ2v) is 7.52. The molecule has 3 rings (SSSR count). The van der Waals surface area contributed by atoms with Crippen molar-refractivity contribution in [3.8, 4) is 0 Å². The Balaban J connectivity index is 1.82. The SMILES string of the molecule is Cc1nc(C)c(CN2CCc3nc(C(C)C)[nH]c(=O)c3C2)s1. The summed E-state index contributed by atoms with van der Waals surface area (Å²) >= 11 is 1.75. The molecule has 0 amide bonds. The van der Waals surface area contributed by atoms with Gasteiger partial charge in [-0.25, -0.2) is 9.97 Å². The lowest BCUT2D eigenvalue weighted by Crippen LogP contribution is -2.35. The highest BCUT2D eigenvalue weighted by atomic mass is 32.1. The molecule has 0 aliphatic carbocycles. The first-order valence-corrected chi connectivity index (χ1v) is 8.53. The van der Waals surface area contributed by atoms with E-state index in [-0.39, 0.29) is 11.5 Å². The van der Waals surface area contributed by atoms with E-state index in [4.69, 9.17) is 0 Å². The fourth-order valence-electron chi connectivity index (χ4n) is 2.83. The number of hydrogen-bond donors (Lipinski definition) is 1. The predicted molar refractivity (Wildman–Crippen MR) is 88.4 cm³/mol. The van der Waals surface area contributed by atoms with E-state index in [0.717, 1.165) is 47.3 Å². The Kier molecular flexibility index (Phi) is 4.14. The summed E-state index contributed by atoms with van der Waals surface area (Å²) in [5.74, 6) is 1.05. The summed E-state index contributed by atoms with van der Waals surface area (Å²) in [6, 6.07) is 0. The molecule has 0 saturated heterocycles. The van der Waals surface area contributed by atoms with Gasteiger partial charge >= 0.3 is 0 Å². The molecule has 0 spiro atoms. The van der Waals surface area contributed by atoms with Crippen molar-refractivity contribution in [2.75, 3.05) is 6.54 Å². The quantitative estimate of drug-likeness (QED) is 0.944. The number of hydrogen-bond acceptors (Lipinski definition) is 5. The van der Waals surface area contributed by atoms with Crippen LogP contribution in [0.25, 0.3) is 0 Å². The average molecular weight is 318 g/mol. The van der Waals surface area contributed by atoms with E-state index < -0.39 is 0 Å². The van der Waals surface area contributed by atoms with Crippen LogP contribution in [0.15, 0.2) is 4.79 Å². The maximum atomic E-state index is 12.3. The molecular weight excluding hydrogens is 296 g/mol. The number of nitrogens with one attached hydrogen (secondary N) is 1. The van der Waals surface area contributed by atoms with E-state index in [1.54, 1.807) is 11.3 Å². The Labute approximate surface area is 134 Å². The van der Waals surface area contributed by atoms with Gasteiger partial charge in [0.25, 0.3) is 5.56 Å². The van der Waals surface area contributed by atoms with Crippen molar-refractivity contribution in [3.05, 3.63) is 43.0 Å². The summed E-state index contributed by atoms with van der Waals surface area (Å²) in [6.45, 7) is 10.7. The third-order valence-corrected chi connectivity index (χ3v) is 5.14. The molecule has 1 aliphatic rings. The highest BCUT2D eigenvalue weighted by Gasteiger charge is 2.22. The van der Waals surface area contributed by atoms with Crippen molar-refractivity contribution in [3.63, 3.8) is 0 Å². The molecule has 1 aliphatic heterocycles. The molecule has 2 aromatic heterocycles. The summed E-state index contributed by atoms with van der Waals surface area (Å²) in [7, 11) is 0. The van der Waals surface area contributed by atoms with Crippen LogP contribution in [-0.4, -0.2) is 26.4 Å². The Hall–Kier alpha value is -1.53. The highest BCUT2D eigenvalue weighted by Crippen LogP contribution is 2.23. The van der Waals surface area contributed by atoms with Gasteiger partial charge in [0.1, 0.15) is 5.82 Å². The van der Waals surface area contributed by atoms with E-state index >= 15 is 0 Å². The molecule has 118 valence electrons. The van der Waals surface area contributed by atoms with Gasteiger partial charge in [-0.15, -0.1) is 11.3 Å². The number of aromatic amines is 1. The first kappa shape index (κ1) is 15.4. The van der Waals surface area contributed by atoms with Crippen molar-refractivity contribution in [1.82, 2.24) is 19.9 Å². The summed E-state index contributed by atoms with van der Waals surface area (Å²) in [5.41, 5.74) is 2.93. The number of rotatable bonds is 3. The van der Waals surface area contributed by atoms with Crippen molar-refractivity contribution >= 4 is 11.3 Å². The minimum atomic E-state index is 0.0237. The molecule has 0 bridgehead atoms. The van der Waals surface area contributed by atoms with Crippen LogP contribution in [0.2, 0.25) is 0 Å². The highest BCUT2D eigenvalue weighted by molar-refractivity contribution is 7.11. The first-order valence-electron chi connectivity index (χ1n) is 7.71. The normalized spacial score (nSPS) is 15.3. The van der Waals surface area contributed by atoms with Gasteiger partial charge in [0.15, 0.2) is 0 Å². The Morgan fingerprint density at radius 1 is 1.32 bits per heavy atom. The zero-order valence-corrected chi connectivity index (χ0v) is 14.4. The molecule has 2 aromatic rings. The van der Waals surface area contributed by atoms with Gasteiger partial charge in [-0.05, 0) is 13.8 Å². The monoisotopic (exact) mass is 318 g/mol. The molecule has 1 N–H and O–H groups in total. The third-order valence-electron chi connectivity index (χ3n) is 4.08. The zero-order chi connectivity index (χ0) is 15.9. The van der Waals surface area contributed by atoms with E-state index in [0.29, 0.717) is 6.54 Å². The van der Waals surface area contributed by atoms with Crippen molar-refractivity contribution in [2.45, 2.75) is 53.1 Å². The van der Waals surface area contributed by atoms with Crippen LogP contribution >= 0.6 is 11.3 Å². The predicted octanol–water partition coefficient (Wildman–Crippen LogP) is 2.52. The molecule has 0 fully saturated rings. The second-order valence-electron chi connectivity index (χ2n) is 6.23. The molecule has 0 radical (unpaired) electrons. The fourth-order valence-corrected chi connectivity index (χ4v) is 3.81. The van der Waals surface area contributed by atoms with Gasteiger partial charge in [0.2, 0.25) is 0 Å². The summed E-state index contributed by atoms with van der Waals surface area (Å²) in [6.07, 6.45) is 0.843. The van der Waals surface area contributed by atoms with Crippen molar-refractivity contribution in [1.29, 1.82) is 0 Å². The standard InChI is InChI=1S/C16H22N4OS/c1-9(2)15-18-13-5-6-20(7-12(13)16(21)19-15)8-14-10(3)17-11(4)22-14/h9H,5-8H2,1-4H3,(H,18,19,21). The lowest BCUT2D eigenvalue weighted by atomic mass is 10.1. The summed E-state index contributed by atoms with van der Waals surface area (Å²) in [5, 5.41) is 1.10. The van der Waals surface area contributed by atoms with Gasteiger partial charge in [-0.1, -0.05) is 13.8 Å². The molecule has 22 heavy (non-hydrogen) atoms. The molecule has 5 nitrogen and oxygen atoms in total. The Bertz CT molecular complexity index is 747. The van der Waals surface area contributed by atoms with Gasteiger partial charge < -0.3 is 4.98 Å². The van der Waals surface area contributed by atoms with Gasteiger partial charge in [0.05, 0.1) is 22.0 Å². The van der Waals surface area contributed by atoms with Crippen LogP contribution < -0.4 is 5.56 Å². The van der Waals surface area contributed by atoms with E-state index in [2.05, 4.69) is 40.6 Å². The summed E-state index contributed by atoms with van der Waals surface area (Å²) < 4.78 is 0. The number of thiazole rings is 1. The smallest absolute Gasteiger partial charge is 0.255 e. The third kappa shape index (κ3) is 2.98.